The van der Waals surface area contributed by atoms with E-state index in [9.17, 15) is 9.90 Å². The van der Waals surface area contributed by atoms with Gasteiger partial charge < -0.3 is 15.0 Å². The lowest BCUT2D eigenvalue weighted by Gasteiger charge is -2.27. The first-order valence-electron chi connectivity index (χ1n) is 10.9. The quantitative estimate of drug-likeness (QED) is 0.377. The van der Waals surface area contributed by atoms with E-state index >= 15 is 0 Å². The molecule has 0 saturated heterocycles. The molecule has 5 aromatic rings. The summed E-state index contributed by atoms with van der Waals surface area (Å²) < 4.78 is 0. The zero-order valence-electron chi connectivity index (χ0n) is 18.3. The highest BCUT2D eigenvalue weighted by atomic mass is 16.4. The molecule has 3 N–H and O–H groups in total. The number of fused-ring (bicyclic) bond motifs is 3. The van der Waals surface area contributed by atoms with Crippen LogP contribution >= 0.6 is 0 Å². The van der Waals surface area contributed by atoms with E-state index in [2.05, 4.69) is 59.8 Å². The predicted octanol–water partition coefficient (Wildman–Crippen LogP) is 3.37. The number of hydrogen-bond acceptors (Lipinski definition) is 7. The third-order valence-electron chi connectivity index (χ3n) is 6.22. The summed E-state index contributed by atoms with van der Waals surface area (Å²) in [5, 5.41) is 24.9. The zero-order chi connectivity index (χ0) is 23.2. The molecule has 2 aromatic carbocycles. The molecule has 0 spiro atoms. The van der Waals surface area contributed by atoms with Gasteiger partial charge in [0.25, 0.3) is 0 Å². The number of aryl methyl sites for hydroxylation is 1. The molecule has 0 fully saturated rings. The number of nitrogens with one attached hydrogen (secondary N) is 2. The lowest BCUT2D eigenvalue weighted by molar-refractivity contribution is 0.0689. The molecule has 0 saturated carbocycles. The third kappa shape index (κ3) is 3.36. The highest BCUT2D eigenvalue weighted by Crippen LogP contribution is 2.33. The summed E-state index contributed by atoms with van der Waals surface area (Å²) in [6.45, 7) is 3.02. The molecule has 0 bridgehead atoms. The minimum atomic E-state index is -1.04. The van der Waals surface area contributed by atoms with Gasteiger partial charge in [0.2, 0.25) is 11.8 Å². The molecule has 6 rings (SSSR count). The highest BCUT2D eigenvalue weighted by molar-refractivity contribution is 5.90. The van der Waals surface area contributed by atoms with Crippen LogP contribution in [-0.2, 0) is 13.0 Å². The van der Waals surface area contributed by atoms with Gasteiger partial charge in [-0.2, -0.15) is 5.21 Å². The van der Waals surface area contributed by atoms with E-state index in [-0.39, 0.29) is 5.69 Å². The van der Waals surface area contributed by atoms with Crippen molar-refractivity contribution >= 4 is 22.8 Å². The highest BCUT2D eigenvalue weighted by Gasteiger charge is 2.24. The minimum Gasteiger partial charge on any atom is -0.476 e. The van der Waals surface area contributed by atoms with Crippen LogP contribution in [0.15, 0.2) is 48.7 Å². The van der Waals surface area contributed by atoms with Crippen molar-refractivity contribution in [2.24, 2.45) is 0 Å². The predicted molar refractivity (Wildman–Crippen MR) is 125 cm³/mol. The van der Waals surface area contributed by atoms with Gasteiger partial charge >= 0.3 is 5.97 Å². The summed E-state index contributed by atoms with van der Waals surface area (Å²) in [5.74, 6) is -0.0537. The number of nitrogens with zero attached hydrogens (tertiary/aromatic N) is 6. The summed E-state index contributed by atoms with van der Waals surface area (Å²) in [6, 6.07) is 14.4. The van der Waals surface area contributed by atoms with Crippen molar-refractivity contribution in [3.63, 3.8) is 0 Å². The van der Waals surface area contributed by atoms with Crippen molar-refractivity contribution in [2.75, 3.05) is 11.4 Å². The van der Waals surface area contributed by atoms with Crippen molar-refractivity contribution in [3.8, 4) is 22.5 Å². The van der Waals surface area contributed by atoms with E-state index < -0.39 is 5.97 Å². The van der Waals surface area contributed by atoms with Crippen molar-refractivity contribution in [2.45, 2.75) is 19.9 Å². The van der Waals surface area contributed by atoms with Crippen LogP contribution in [0.25, 0.3) is 33.4 Å². The van der Waals surface area contributed by atoms with Gasteiger partial charge in [-0.05, 0) is 41.5 Å². The van der Waals surface area contributed by atoms with Gasteiger partial charge in [0.1, 0.15) is 0 Å². The second-order valence-corrected chi connectivity index (χ2v) is 8.34. The van der Waals surface area contributed by atoms with Crippen LogP contribution in [0.1, 0.15) is 27.3 Å². The van der Waals surface area contributed by atoms with Crippen molar-refractivity contribution in [1.29, 1.82) is 0 Å². The van der Waals surface area contributed by atoms with Gasteiger partial charge in [-0.3, -0.25) is 0 Å². The molecule has 168 valence electrons. The third-order valence-corrected chi connectivity index (χ3v) is 6.22. The minimum absolute atomic E-state index is 0.0403. The summed E-state index contributed by atoms with van der Waals surface area (Å²) >= 11 is 0. The molecule has 10 heteroatoms. The van der Waals surface area contributed by atoms with E-state index in [1.807, 2.05) is 23.1 Å². The maximum atomic E-state index is 11.5. The summed E-state index contributed by atoms with van der Waals surface area (Å²) in [5.41, 5.74) is 7.05. The number of carboxylic acids is 1. The fourth-order valence-electron chi connectivity index (χ4n) is 4.49. The smallest absolute Gasteiger partial charge is 0.354 e. The molecular formula is C24H20N8O2. The molecule has 4 heterocycles. The van der Waals surface area contributed by atoms with Gasteiger partial charge in [0.05, 0.1) is 0 Å². The Morgan fingerprint density at radius 2 is 1.97 bits per heavy atom. The molecule has 0 aliphatic carbocycles. The van der Waals surface area contributed by atoms with Gasteiger partial charge in [0.15, 0.2) is 5.69 Å². The fraction of sp³-hybridized carbons (Fsp3) is 0.167. The first-order valence-corrected chi connectivity index (χ1v) is 10.9. The maximum absolute atomic E-state index is 11.5. The largest absolute Gasteiger partial charge is 0.476 e. The number of anilines is 1. The Bertz CT molecular complexity index is 1540. The van der Waals surface area contributed by atoms with E-state index in [4.69, 9.17) is 0 Å². The Morgan fingerprint density at radius 3 is 2.79 bits per heavy atom. The van der Waals surface area contributed by atoms with Crippen LogP contribution in [0.2, 0.25) is 0 Å². The normalized spacial score (nSPS) is 13.3. The number of tetrazole rings is 1. The van der Waals surface area contributed by atoms with E-state index in [0.29, 0.717) is 30.4 Å². The molecule has 0 amide bonds. The standard InChI is InChI=1S/C24H20N8O2/c1-13-11-25-24(27-21(13)23(33)34)32-8-7-20-18(12-32)17-10-15(5-6-19(17)26-20)14-3-2-4-16(9-14)22-28-30-31-29-22/h2-6,9-11,26H,7-8,12H2,1H3,(H,33,34)(H,28,29,30,31). The number of aromatic nitrogens is 7. The number of carbonyl (C=O) groups is 1. The van der Waals surface area contributed by atoms with E-state index in [0.717, 1.165) is 34.0 Å². The first kappa shape index (κ1) is 20.0. The molecule has 0 unspecified atom stereocenters. The molecule has 34 heavy (non-hydrogen) atoms. The summed E-state index contributed by atoms with van der Waals surface area (Å²) in [7, 11) is 0. The Hall–Kier alpha value is -4.60. The SMILES string of the molecule is Cc1cnc(N2CCc3[nH]c4ccc(-c5cccc(-c6nn[nH]n6)c5)cc4c3C2)nc1C(=O)O. The van der Waals surface area contributed by atoms with Crippen molar-refractivity contribution in [3.05, 3.63) is 71.2 Å². The number of rotatable bonds is 4. The molecule has 10 nitrogen and oxygen atoms in total. The number of carboxylic acid groups (broad SMARTS) is 1. The lowest BCUT2D eigenvalue weighted by Crippen LogP contribution is -2.32. The van der Waals surface area contributed by atoms with Crippen LogP contribution in [-0.4, -0.2) is 53.2 Å². The van der Waals surface area contributed by atoms with Crippen LogP contribution in [0.5, 0.6) is 0 Å². The van der Waals surface area contributed by atoms with Crippen LogP contribution in [0, 0.1) is 6.92 Å². The van der Waals surface area contributed by atoms with Crippen molar-refractivity contribution in [1.82, 2.24) is 35.6 Å². The molecular weight excluding hydrogens is 432 g/mol. The Kier molecular flexibility index (Phi) is 4.58. The Balaban J connectivity index is 1.37. The molecule has 1 aliphatic rings. The number of benzene rings is 2. The average Bonchev–Trinajstić information content (AvgIpc) is 3.52. The van der Waals surface area contributed by atoms with Crippen molar-refractivity contribution < 1.29 is 9.90 Å². The summed E-state index contributed by atoms with van der Waals surface area (Å²) in [4.78, 5) is 25.8. The maximum Gasteiger partial charge on any atom is 0.354 e. The monoisotopic (exact) mass is 452 g/mol. The van der Waals surface area contributed by atoms with Crippen LogP contribution in [0.3, 0.4) is 0 Å². The van der Waals surface area contributed by atoms with Crippen LogP contribution in [0.4, 0.5) is 5.95 Å². The first-order chi connectivity index (χ1) is 16.6. The Labute approximate surface area is 193 Å². The van der Waals surface area contributed by atoms with E-state index in [1.165, 1.54) is 11.3 Å². The fourth-order valence-corrected chi connectivity index (χ4v) is 4.49. The lowest BCUT2D eigenvalue weighted by atomic mass is 9.99. The second kappa shape index (κ2) is 7.77. The molecule has 3 aromatic heterocycles. The average molecular weight is 452 g/mol. The molecule has 1 aliphatic heterocycles. The van der Waals surface area contributed by atoms with Gasteiger partial charge in [-0.15, -0.1) is 10.2 Å². The zero-order valence-corrected chi connectivity index (χ0v) is 18.3. The molecule has 0 radical (unpaired) electrons. The van der Waals surface area contributed by atoms with Gasteiger partial charge in [-0.1, -0.05) is 24.3 Å². The molecule has 0 atom stereocenters. The van der Waals surface area contributed by atoms with Gasteiger partial charge in [-0.25, -0.2) is 14.8 Å². The number of hydrogen-bond donors (Lipinski definition) is 3. The summed E-state index contributed by atoms with van der Waals surface area (Å²) in [6.07, 6.45) is 2.37. The second-order valence-electron chi connectivity index (χ2n) is 8.34. The van der Waals surface area contributed by atoms with Gasteiger partial charge in [0, 0.05) is 59.0 Å². The topological polar surface area (TPSA) is 137 Å². The number of aromatic amines is 2. The number of H-pyrrole nitrogens is 2. The number of aromatic carboxylic acids is 1. The Morgan fingerprint density at radius 1 is 1.12 bits per heavy atom. The van der Waals surface area contributed by atoms with Crippen LogP contribution < -0.4 is 4.90 Å². The van der Waals surface area contributed by atoms with E-state index in [1.54, 1.807) is 13.1 Å².